The normalized spacial score (nSPS) is 12.6. The second kappa shape index (κ2) is 4.20. The predicted octanol–water partition coefficient (Wildman–Crippen LogP) is 3.40. The molecule has 13 heavy (non-hydrogen) atoms. The van der Waals surface area contributed by atoms with E-state index in [0.29, 0.717) is 10.0 Å². The van der Waals surface area contributed by atoms with Crippen molar-refractivity contribution in [2.24, 2.45) is 0 Å². The number of rotatable bonds is 2. The van der Waals surface area contributed by atoms with Gasteiger partial charge in [-0.15, -0.1) is 11.6 Å². The van der Waals surface area contributed by atoms with E-state index in [9.17, 15) is 9.18 Å². The minimum Gasteiger partial charge on any atom is -0.292 e. The van der Waals surface area contributed by atoms with Crippen LogP contribution in [0.4, 0.5) is 4.39 Å². The maximum absolute atomic E-state index is 12.6. The van der Waals surface area contributed by atoms with Gasteiger partial charge in [-0.1, -0.05) is 0 Å². The maximum Gasteiger partial charge on any atom is 0.181 e. The summed E-state index contributed by atoms with van der Waals surface area (Å²) >= 11 is 8.71. The summed E-state index contributed by atoms with van der Waals surface area (Å²) in [5.41, 5.74) is 0.406. The second-order valence-electron chi connectivity index (χ2n) is 2.60. The van der Waals surface area contributed by atoms with Crippen LogP contribution in [0.3, 0.4) is 0 Å². The molecule has 0 heterocycles. The number of Topliss-reactive ketones (excluding diaryl/α,β-unsaturated/α-hetero) is 1. The molecule has 1 rings (SSSR count). The third kappa shape index (κ3) is 2.51. The average Bonchev–Trinajstić information content (AvgIpc) is 2.03. The second-order valence-corrected chi connectivity index (χ2v) is 4.11. The summed E-state index contributed by atoms with van der Waals surface area (Å²) in [4.78, 5) is 11.4. The summed E-state index contributed by atoms with van der Waals surface area (Å²) in [6.07, 6.45) is 0. The molecule has 1 unspecified atom stereocenters. The molecule has 0 saturated carbocycles. The monoisotopic (exact) mass is 264 g/mol. The molecule has 1 aromatic rings. The number of carbonyl (C=O) groups excluding carboxylic acids is 1. The molecule has 1 nitrogen and oxygen atoms in total. The summed E-state index contributed by atoms with van der Waals surface area (Å²) in [7, 11) is 0. The molecule has 0 N–H and O–H groups in total. The lowest BCUT2D eigenvalue weighted by atomic mass is 10.1. The molecule has 0 spiro atoms. The smallest absolute Gasteiger partial charge is 0.181 e. The highest BCUT2D eigenvalue weighted by Crippen LogP contribution is 2.20. The first kappa shape index (κ1) is 10.7. The Morgan fingerprint density at radius 2 is 2.23 bits per heavy atom. The Bertz CT molecular complexity index is 338. The molecule has 0 saturated heterocycles. The highest BCUT2D eigenvalue weighted by atomic mass is 79.9. The van der Waals surface area contributed by atoms with Crippen LogP contribution in [-0.4, -0.2) is 11.2 Å². The molecule has 1 atom stereocenters. The van der Waals surface area contributed by atoms with Gasteiger partial charge in [0.25, 0.3) is 0 Å². The molecule has 70 valence electrons. The molecule has 0 aliphatic rings. The van der Waals surface area contributed by atoms with Gasteiger partial charge in [-0.2, -0.15) is 0 Å². The molecular formula is C9H7BrClFO. The molecule has 1 aromatic carbocycles. The summed E-state index contributed by atoms with van der Waals surface area (Å²) in [5.74, 6) is -0.598. The van der Waals surface area contributed by atoms with E-state index in [-0.39, 0.29) is 11.6 Å². The number of ketones is 1. The largest absolute Gasteiger partial charge is 0.292 e. The van der Waals surface area contributed by atoms with E-state index < -0.39 is 5.38 Å². The van der Waals surface area contributed by atoms with Crippen molar-refractivity contribution < 1.29 is 9.18 Å². The number of hydrogen-bond acceptors (Lipinski definition) is 1. The first-order chi connectivity index (χ1) is 6.02. The zero-order valence-electron chi connectivity index (χ0n) is 6.85. The summed E-state index contributed by atoms with van der Waals surface area (Å²) in [5, 5.41) is -0.596. The van der Waals surface area contributed by atoms with Crippen LogP contribution in [0.2, 0.25) is 0 Å². The fraction of sp³-hybridized carbons (Fsp3) is 0.222. The van der Waals surface area contributed by atoms with Crippen LogP contribution >= 0.6 is 27.5 Å². The highest BCUT2D eigenvalue weighted by Gasteiger charge is 2.15. The highest BCUT2D eigenvalue weighted by molar-refractivity contribution is 9.10. The van der Waals surface area contributed by atoms with Crippen LogP contribution in [0.15, 0.2) is 22.7 Å². The summed E-state index contributed by atoms with van der Waals surface area (Å²) in [6, 6.07) is 3.89. The Morgan fingerprint density at radius 3 is 2.69 bits per heavy atom. The minimum atomic E-state index is -0.596. The topological polar surface area (TPSA) is 17.1 Å². The van der Waals surface area contributed by atoms with Crippen LogP contribution in [0, 0.1) is 5.82 Å². The number of carbonyl (C=O) groups is 1. The molecule has 0 aromatic heterocycles. The first-order valence-corrected chi connectivity index (χ1v) is 4.88. The van der Waals surface area contributed by atoms with Crippen molar-refractivity contribution in [3.8, 4) is 0 Å². The van der Waals surface area contributed by atoms with Crippen molar-refractivity contribution in [1.82, 2.24) is 0 Å². The van der Waals surface area contributed by atoms with Gasteiger partial charge in [0.2, 0.25) is 0 Å². The lowest BCUT2D eigenvalue weighted by Crippen LogP contribution is -2.11. The van der Waals surface area contributed by atoms with E-state index in [2.05, 4.69) is 15.9 Å². The number of alkyl halides is 1. The van der Waals surface area contributed by atoms with E-state index in [1.165, 1.54) is 18.2 Å². The zero-order chi connectivity index (χ0) is 10.0. The molecule has 0 radical (unpaired) electrons. The fourth-order valence-corrected chi connectivity index (χ4v) is 1.57. The van der Waals surface area contributed by atoms with Gasteiger partial charge < -0.3 is 0 Å². The summed E-state index contributed by atoms with van der Waals surface area (Å²) in [6.45, 7) is 1.58. The van der Waals surface area contributed by atoms with Crippen LogP contribution in [0.1, 0.15) is 17.3 Å². The van der Waals surface area contributed by atoms with Crippen molar-refractivity contribution in [3.05, 3.63) is 34.1 Å². The molecule has 0 amide bonds. The lowest BCUT2D eigenvalue weighted by molar-refractivity contribution is 0.0991. The Labute approximate surface area is 89.0 Å². The van der Waals surface area contributed by atoms with Gasteiger partial charge in [0, 0.05) is 10.0 Å². The third-order valence-corrected chi connectivity index (χ3v) is 2.41. The van der Waals surface area contributed by atoms with Crippen LogP contribution in [-0.2, 0) is 0 Å². The fourth-order valence-electron chi connectivity index (χ4n) is 0.904. The van der Waals surface area contributed by atoms with Gasteiger partial charge in [-0.25, -0.2) is 4.39 Å². The Hall–Kier alpha value is -0.410. The standard InChI is InChI=1S/C9H7BrClFO/c1-5(11)9(13)7-3-2-6(12)4-8(7)10/h2-5H,1H3. The zero-order valence-corrected chi connectivity index (χ0v) is 9.19. The van der Waals surface area contributed by atoms with Crippen molar-refractivity contribution in [3.63, 3.8) is 0 Å². The van der Waals surface area contributed by atoms with Gasteiger partial charge in [-0.05, 0) is 41.1 Å². The van der Waals surface area contributed by atoms with Crippen LogP contribution in [0.25, 0.3) is 0 Å². The molecular weight excluding hydrogens is 258 g/mol. The quantitative estimate of drug-likeness (QED) is 0.592. The lowest BCUT2D eigenvalue weighted by Gasteiger charge is -2.04. The van der Waals surface area contributed by atoms with E-state index in [0.717, 1.165) is 0 Å². The van der Waals surface area contributed by atoms with Crippen molar-refractivity contribution in [2.45, 2.75) is 12.3 Å². The number of hydrogen-bond donors (Lipinski definition) is 0. The van der Waals surface area contributed by atoms with Crippen molar-refractivity contribution in [2.75, 3.05) is 0 Å². The molecule has 0 aliphatic carbocycles. The average molecular weight is 266 g/mol. The van der Waals surface area contributed by atoms with Gasteiger partial charge in [0.15, 0.2) is 5.78 Å². The number of benzene rings is 1. The van der Waals surface area contributed by atoms with Gasteiger partial charge >= 0.3 is 0 Å². The van der Waals surface area contributed by atoms with E-state index in [4.69, 9.17) is 11.6 Å². The Balaban J connectivity index is 3.09. The molecule has 0 aliphatic heterocycles. The SMILES string of the molecule is CC(Cl)C(=O)c1ccc(F)cc1Br. The van der Waals surface area contributed by atoms with Gasteiger partial charge in [0.1, 0.15) is 5.82 Å². The van der Waals surface area contributed by atoms with Gasteiger partial charge in [0.05, 0.1) is 5.38 Å². The maximum atomic E-state index is 12.6. The first-order valence-electron chi connectivity index (χ1n) is 3.65. The van der Waals surface area contributed by atoms with E-state index >= 15 is 0 Å². The Kier molecular flexibility index (Phi) is 3.45. The van der Waals surface area contributed by atoms with Crippen molar-refractivity contribution in [1.29, 1.82) is 0 Å². The van der Waals surface area contributed by atoms with Crippen molar-refractivity contribution >= 4 is 33.3 Å². The van der Waals surface area contributed by atoms with E-state index in [1.807, 2.05) is 0 Å². The van der Waals surface area contributed by atoms with Crippen LogP contribution < -0.4 is 0 Å². The van der Waals surface area contributed by atoms with E-state index in [1.54, 1.807) is 6.92 Å². The molecule has 0 bridgehead atoms. The third-order valence-electron chi connectivity index (χ3n) is 1.56. The van der Waals surface area contributed by atoms with Crippen LogP contribution in [0.5, 0.6) is 0 Å². The minimum absolute atomic E-state index is 0.214. The predicted molar refractivity (Wildman–Crippen MR) is 53.7 cm³/mol. The summed E-state index contributed by atoms with van der Waals surface area (Å²) < 4.78 is 13.1. The molecule has 0 fully saturated rings. The number of halogens is 3. The molecule has 4 heteroatoms. The van der Waals surface area contributed by atoms with Gasteiger partial charge in [-0.3, -0.25) is 4.79 Å². The Morgan fingerprint density at radius 1 is 1.62 bits per heavy atom.